The van der Waals surface area contributed by atoms with Crippen LogP contribution in [0.5, 0.6) is 0 Å². The van der Waals surface area contributed by atoms with Crippen LogP contribution in [-0.2, 0) is 16.6 Å². The molecule has 8 heteroatoms. The molecule has 0 unspecified atom stereocenters. The van der Waals surface area contributed by atoms with Crippen molar-refractivity contribution < 1.29 is 13.6 Å². The van der Waals surface area contributed by atoms with E-state index in [1.54, 1.807) is 13.0 Å². The van der Waals surface area contributed by atoms with Crippen molar-refractivity contribution in [1.82, 2.24) is 20.2 Å². The topological polar surface area (TPSA) is 84.1 Å². The third-order valence-corrected chi connectivity index (χ3v) is 7.32. The summed E-state index contributed by atoms with van der Waals surface area (Å²) < 4.78 is 29.6. The van der Waals surface area contributed by atoms with E-state index in [1.807, 2.05) is 24.3 Å². The van der Waals surface area contributed by atoms with Crippen molar-refractivity contribution in [3.63, 3.8) is 0 Å². The van der Waals surface area contributed by atoms with E-state index in [0.717, 1.165) is 19.5 Å². The number of nitrogen functional groups attached to an aromatic ring is 1. The molecule has 2 heterocycles. The van der Waals surface area contributed by atoms with Crippen LogP contribution in [0.4, 0.5) is 14.6 Å². The van der Waals surface area contributed by atoms with Crippen LogP contribution in [0.2, 0.25) is 0 Å². The average molecular weight is 494 g/mol. The Morgan fingerprint density at radius 3 is 2.50 bits per heavy atom. The molecule has 0 bridgehead atoms. The van der Waals surface area contributed by atoms with Gasteiger partial charge in [0.05, 0.1) is 0 Å². The molecule has 0 saturated carbocycles. The lowest BCUT2D eigenvalue weighted by Gasteiger charge is -2.27. The van der Waals surface area contributed by atoms with E-state index in [0.29, 0.717) is 47.7 Å². The zero-order valence-corrected chi connectivity index (χ0v) is 21.2. The molecule has 0 aliphatic carbocycles. The summed E-state index contributed by atoms with van der Waals surface area (Å²) in [6.45, 7) is 10.8. The van der Waals surface area contributed by atoms with Gasteiger partial charge in [-0.15, -0.1) is 0 Å². The summed E-state index contributed by atoms with van der Waals surface area (Å²) in [4.78, 5) is 21.4. The van der Waals surface area contributed by atoms with E-state index >= 15 is 0 Å². The predicted octanol–water partition coefficient (Wildman–Crippen LogP) is 4.64. The summed E-state index contributed by atoms with van der Waals surface area (Å²) in [6.07, 6.45) is 2.10. The number of nitrogens with one attached hydrogen (secondary N) is 1. The Kier molecular flexibility index (Phi) is 7.36. The van der Waals surface area contributed by atoms with Crippen LogP contribution in [0.1, 0.15) is 43.9 Å². The van der Waals surface area contributed by atoms with Crippen LogP contribution in [0.15, 0.2) is 36.4 Å². The zero-order valence-electron chi connectivity index (χ0n) is 21.2. The van der Waals surface area contributed by atoms with Gasteiger partial charge in [0.15, 0.2) is 5.82 Å². The van der Waals surface area contributed by atoms with Gasteiger partial charge < -0.3 is 16.0 Å². The number of aromatic nitrogens is 2. The quantitative estimate of drug-likeness (QED) is 0.353. The molecule has 0 spiro atoms. The molecule has 3 N–H and O–H groups in total. The Labute approximate surface area is 211 Å². The van der Waals surface area contributed by atoms with Crippen molar-refractivity contribution in [2.75, 3.05) is 25.4 Å². The highest BCUT2D eigenvalue weighted by atomic mass is 19.1. The standard InChI is InChI=1S/C28H33F2N5O/c1-17(2)35-12-10-28(4,15-35)22-7-5-19(6-8-22)24-26(30)34-27(31)25(33-24)21-13-20(9-11-32-16-36)18(3)23(29)14-21/h5-8,13-14,16-17H,9-12,15H2,1-4H3,(H2,31,34)(H,32,36)/t28-/m0/s1. The number of hydrogen-bond donors (Lipinski definition) is 2. The summed E-state index contributed by atoms with van der Waals surface area (Å²) >= 11 is 0. The highest BCUT2D eigenvalue weighted by molar-refractivity contribution is 5.74. The largest absolute Gasteiger partial charge is 0.382 e. The smallest absolute Gasteiger partial charge is 0.241 e. The van der Waals surface area contributed by atoms with E-state index in [1.165, 1.54) is 11.6 Å². The molecule has 1 aromatic heterocycles. The lowest BCUT2D eigenvalue weighted by molar-refractivity contribution is -0.109. The van der Waals surface area contributed by atoms with Crippen LogP contribution < -0.4 is 11.1 Å². The van der Waals surface area contributed by atoms with Crippen molar-refractivity contribution in [3.05, 3.63) is 64.9 Å². The minimum absolute atomic E-state index is 0.0355. The van der Waals surface area contributed by atoms with Gasteiger partial charge in [-0.05, 0) is 69.0 Å². The van der Waals surface area contributed by atoms with Gasteiger partial charge in [0.2, 0.25) is 12.4 Å². The van der Waals surface area contributed by atoms with Gasteiger partial charge in [-0.25, -0.2) is 9.37 Å². The van der Waals surface area contributed by atoms with E-state index in [9.17, 15) is 13.6 Å². The number of rotatable bonds is 8. The van der Waals surface area contributed by atoms with Gasteiger partial charge in [-0.1, -0.05) is 31.2 Å². The molecule has 1 fully saturated rings. The maximum Gasteiger partial charge on any atom is 0.241 e. The van der Waals surface area contributed by atoms with Gasteiger partial charge >= 0.3 is 0 Å². The number of carbonyl (C=O) groups excluding carboxylic acids is 1. The van der Waals surface area contributed by atoms with Crippen LogP contribution in [-0.4, -0.2) is 47.0 Å². The average Bonchev–Trinajstić information content (AvgIpc) is 3.26. The van der Waals surface area contributed by atoms with Crippen molar-refractivity contribution in [2.45, 2.75) is 52.0 Å². The lowest BCUT2D eigenvalue weighted by atomic mass is 9.81. The summed E-state index contributed by atoms with van der Waals surface area (Å²) in [5.41, 5.74) is 9.72. The maximum absolute atomic E-state index is 14.9. The number of likely N-dealkylation sites (tertiary alicyclic amines) is 1. The normalized spacial score (nSPS) is 18.1. The number of nitrogens with zero attached hydrogens (tertiary/aromatic N) is 3. The molecule has 190 valence electrons. The maximum atomic E-state index is 14.9. The van der Waals surface area contributed by atoms with Crippen molar-refractivity contribution in [3.8, 4) is 22.5 Å². The van der Waals surface area contributed by atoms with Gasteiger partial charge in [0.25, 0.3) is 0 Å². The van der Waals surface area contributed by atoms with E-state index < -0.39 is 11.8 Å². The summed E-state index contributed by atoms with van der Waals surface area (Å²) in [5, 5.41) is 2.58. The first-order valence-corrected chi connectivity index (χ1v) is 12.3. The van der Waals surface area contributed by atoms with E-state index in [-0.39, 0.29) is 22.6 Å². The molecule has 1 aliphatic rings. The fourth-order valence-electron chi connectivity index (χ4n) is 4.92. The van der Waals surface area contributed by atoms with Crippen molar-refractivity contribution >= 4 is 12.2 Å². The Bertz CT molecular complexity index is 1260. The number of benzene rings is 2. The van der Waals surface area contributed by atoms with Crippen molar-refractivity contribution in [1.29, 1.82) is 0 Å². The summed E-state index contributed by atoms with van der Waals surface area (Å²) in [6, 6.07) is 11.4. The number of anilines is 1. The molecule has 6 nitrogen and oxygen atoms in total. The molecule has 1 saturated heterocycles. The third-order valence-electron chi connectivity index (χ3n) is 7.32. The summed E-state index contributed by atoms with van der Waals surface area (Å²) in [5.74, 6) is -1.31. The van der Waals surface area contributed by atoms with Gasteiger partial charge in [-0.3, -0.25) is 4.79 Å². The molecule has 36 heavy (non-hydrogen) atoms. The molecule has 2 aromatic carbocycles. The number of hydrogen-bond acceptors (Lipinski definition) is 5. The second kappa shape index (κ2) is 10.3. The SMILES string of the molecule is Cc1c(F)cc(-c2nc(-c3ccc([C@@]4(C)CCN(C(C)C)C4)cc3)c(F)nc2N)cc1CCNC=O. The lowest BCUT2D eigenvalue weighted by Crippen LogP contribution is -2.32. The first-order chi connectivity index (χ1) is 17.1. The second-order valence-corrected chi connectivity index (χ2v) is 10.1. The molecular formula is C28H33F2N5O. The molecule has 4 rings (SSSR count). The van der Waals surface area contributed by atoms with Crippen LogP contribution in [0.3, 0.4) is 0 Å². The molecular weight excluding hydrogens is 460 g/mol. The third kappa shape index (κ3) is 5.09. The monoisotopic (exact) mass is 493 g/mol. The van der Waals surface area contributed by atoms with Gasteiger partial charge in [-0.2, -0.15) is 9.37 Å². The highest BCUT2D eigenvalue weighted by Crippen LogP contribution is 2.36. The fourth-order valence-corrected chi connectivity index (χ4v) is 4.92. The molecule has 1 aliphatic heterocycles. The summed E-state index contributed by atoms with van der Waals surface area (Å²) in [7, 11) is 0. The van der Waals surface area contributed by atoms with Crippen molar-refractivity contribution in [2.24, 2.45) is 0 Å². The Morgan fingerprint density at radius 2 is 1.86 bits per heavy atom. The zero-order chi connectivity index (χ0) is 26.0. The number of halogens is 2. The molecule has 3 aromatic rings. The number of carbonyl (C=O) groups is 1. The first-order valence-electron chi connectivity index (χ1n) is 12.3. The second-order valence-electron chi connectivity index (χ2n) is 10.1. The van der Waals surface area contributed by atoms with Crippen LogP contribution in [0, 0.1) is 18.7 Å². The molecule has 0 radical (unpaired) electrons. The Morgan fingerprint density at radius 1 is 1.14 bits per heavy atom. The molecule has 1 atom stereocenters. The Balaban J connectivity index is 1.67. The number of amides is 1. The Hall–Kier alpha value is -3.39. The number of nitrogens with two attached hydrogens (primary N) is 1. The van der Waals surface area contributed by atoms with E-state index in [4.69, 9.17) is 5.73 Å². The molecule has 1 amide bonds. The predicted molar refractivity (Wildman–Crippen MR) is 138 cm³/mol. The fraction of sp³-hybridized carbons (Fsp3) is 0.393. The first kappa shape index (κ1) is 25.7. The van der Waals surface area contributed by atoms with E-state index in [2.05, 4.69) is 41.0 Å². The van der Waals surface area contributed by atoms with Crippen LogP contribution >= 0.6 is 0 Å². The van der Waals surface area contributed by atoms with Gasteiger partial charge in [0.1, 0.15) is 17.2 Å². The minimum Gasteiger partial charge on any atom is -0.382 e. The minimum atomic E-state index is -0.773. The highest BCUT2D eigenvalue weighted by Gasteiger charge is 2.36. The van der Waals surface area contributed by atoms with Gasteiger partial charge in [0, 0.05) is 35.7 Å². The van der Waals surface area contributed by atoms with Crippen LogP contribution in [0.25, 0.3) is 22.5 Å².